The van der Waals surface area contributed by atoms with Gasteiger partial charge in [0.2, 0.25) is 0 Å². The minimum Gasteiger partial charge on any atom is -0.320 e. The van der Waals surface area contributed by atoms with E-state index in [4.69, 9.17) is 0 Å². The average molecular weight is 397 g/mol. The van der Waals surface area contributed by atoms with Crippen LogP contribution in [0.25, 0.3) is 5.57 Å². The molecular formula is C18H13BrN4O2. The Morgan fingerprint density at radius 2 is 2.20 bits per heavy atom. The zero-order valence-corrected chi connectivity index (χ0v) is 14.9. The maximum absolute atomic E-state index is 12.8. The van der Waals surface area contributed by atoms with Crippen molar-refractivity contribution >= 4 is 44.7 Å². The number of likely N-dealkylation sites (N-methyl/N-ethyl adjacent to an activating group) is 1. The van der Waals surface area contributed by atoms with Gasteiger partial charge in [-0.05, 0) is 37.3 Å². The summed E-state index contributed by atoms with van der Waals surface area (Å²) in [6, 6.07) is 10.6. The predicted molar refractivity (Wildman–Crippen MR) is 97.6 cm³/mol. The quantitative estimate of drug-likeness (QED) is 0.637. The molecule has 1 aliphatic rings. The molecule has 0 spiro atoms. The Balaban J connectivity index is 2.10. The number of anilines is 2. The topological polar surface area (TPSA) is 86.1 Å². The smallest absolute Gasteiger partial charge is 0.267 e. The van der Waals surface area contributed by atoms with E-state index in [0.717, 1.165) is 4.47 Å². The SMILES string of the molecule is CCN1C(=O)/C(=C(\C#N)C(=O)Nc2cccnc2)c2cc(Br)ccc21. The Labute approximate surface area is 152 Å². The van der Waals surface area contributed by atoms with E-state index in [1.54, 1.807) is 35.4 Å². The molecule has 2 heterocycles. The second-order valence-electron chi connectivity index (χ2n) is 5.27. The molecule has 0 unspecified atom stereocenters. The molecule has 0 radical (unpaired) electrons. The molecule has 25 heavy (non-hydrogen) atoms. The first kappa shape index (κ1) is 16.9. The van der Waals surface area contributed by atoms with Crippen LogP contribution >= 0.6 is 15.9 Å². The molecule has 0 saturated carbocycles. The van der Waals surface area contributed by atoms with Gasteiger partial charge in [-0.15, -0.1) is 0 Å². The molecule has 124 valence electrons. The summed E-state index contributed by atoms with van der Waals surface area (Å²) in [5.74, 6) is -0.990. The molecule has 0 saturated heterocycles. The molecular weight excluding hydrogens is 384 g/mol. The first-order chi connectivity index (χ1) is 12.1. The van der Waals surface area contributed by atoms with E-state index >= 15 is 0 Å². The van der Waals surface area contributed by atoms with Crippen LogP contribution in [0.3, 0.4) is 0 Å². The molecule has 1 N–H and O–H groups in total. The van der Waals surface area contributed by atoms with Crippen LogP contribution < -0.4 is 10.2 Å². The maximum Gasteiger partial charge on any atom is 0.267 e. The molecule has 0 atom stereocenters. The third kappa shape index (κ3) is 3.04. The van der Waals surface area contributed by atoms with Crippen molar-refractivity contribution in [2.24, 2.45) is 0 Å². The normalized spacial score (nSPS) is 14.8. The first-order valence-corrected chi connectivity index (χ1v) is 8.33. The fourth-order valence-electron chi connectivity index (χ4n) is 2.71. The van der Waals surface area contributed by atoms with Crippen LogP contribution in [0, 0.1) is 11.3 Å². The number of fused-ring (bicyclic) bond motifs is 1. The molecule has 2 aromatic rings. The minimum atomic E-state index is -0.636. The number of hydrogen-bond donors (Lipinski definition) is 1. The molecule has 3 rings (SSSR count). The van der Waals surface area contributed by atoms with Crippen LogP contribution in [0.5, 0.6) is 0 Å². The number of benzene rings is 1. The molecule has 0 aliphatic carbocycles. The number of nitriles is 1. The van der Waals surface area contributed by atoms with Crippen molar-refractivity contribution < 1.29 is 9.59 Å². The second kappa shape index (κ2) is 6.87. The zero-order valence-electron chi connectivity index (χ0n) is 13.3. The standard InChI is InChI=1S/C18H13BrN4O2/c1-2-23-15-6-5-11(19)8-13(15)16(18(23)25)14(9-20)17(24)22-12-4-3-7-21-10-12/h3-8,10H,2H2,1H3,(H,22,24)/b16-14+. The number of pyridine rings is 1. The maximum atomic E-state index is 12.8. The van der Waals surface area contributed by atoms with Gasteiger partial charge in [-0.3, -0.25) is 14.6 Å². The largest absolute Gasteiger partial charge is 0.320 e. The van der Waals surface area contributed by atoms with Gasteiger partial charge >= 0.3 is 0 Å². The van der Waals surface area contributed by atoms with Gasteiger partial charge in [0, 0.05) is 22.8 Å². The van der Waals surface area contributed by atoms with E-state index in [9.17, 15) is 14.9 Å². The summed E-state index contributed by atoms with van der Waals surface area (Å²) in [4.78, 5) is 30.8. The summed E-state index contributed by atoms with van der Waals surface area (Å²) < 4.78 is 0.763. The van der Waals surface area contributed by atoms with Crippen molar-refractivity contribution in [2.45, 2.75) is 6.92 Å². The molecule has 1 aromatic heterocycles. The molecule has 0 fully saturated rings. The Hall–Kier alpha value is -2.98. The lowest BCUT2D eigenvalue weighted by atomic mass is 10.0. The van der Waals surface area contributed by atoms with Crippen LogP contribution in [-0.2, 0) is 9.59 Å². The van der Waals surface area contributed by atoms with Gasteiger partial charge in [-0.1, -0.05) is 15.9 Å². The van der Waals surface area contributed by atoms with E-state index in [0.29, 0.717) is 23.5 Å². The zero-order chi connectivity index (χ0) is 18.0. The van der Waals surface area contributed by atoms with Crippen molar-refractivity contribution in [1.29, 1.82) is 5.26 Å². The highest BCUT2D eigenvalue weighted by atomic mass is 79.9. The Bertz CT molecular complexity index is 932. The highest BCUT2D eigenvalue weighted by molar-refractivity contribution is 9.10. The van der Waals surface area contributed by atoms with E-state index in [1.807, 2.05) is 19.1 Å². The van der Waals surface area contributed by atoms with Crippen LogP contribution in [0.15, 0.2) is 52.8 Å². The van der Waals surface area contributed by atoms with Crippen LogP contribution in [0.1, 0.15) is 12.5 Å². The van der Waals surface area contributed by atoms with Gasteiger partial charge < -0.3 is 10.2 Å². The third-order valence-corrected chi connectivity index (χ3v) is 4.30. The van der Waals surface area contributed by atoms with Gasteiger partial charge in [0.25, 0.3) is 11.8 Å². The van der Waals surface area contributed by atoms with E-state index < -0.39 is 5.91 Å². The van der Waals surface area contributed by atoms with E-state index in [-0.39, 0.29) is 17.1 Å². The highest BCUT2D eigenvalue weighted by Crippen LogP contribution is 2.39. The minimum absolute atomic E-state index is 0.113. The molecule has 2 amide bonds. The number of carbonyl (C=O) groups is 2. The van der Waals surface area contributed by atoms with Crippen molar-refractivity contribution in [3.05, 3.63) is 58.3 Å². The van der Waals surface area contributed by atoms with Crippen molar-refractivity contribution in [2.75, 3.05) is 16.8 Å². The van der Waals surface area contributed by atoms with Crippen molar-refractivity contribution in [1.82, 2.24) is 4.98 Å². The van der Waals surface area contributed by atoms with E-state index in [1.165, 1.54) is 6.20 Å². The second-order valence-corrected chi connectivity index (χ2v) is 6.18. The lowest BCUT2D eigenvalue weighted by Gasteiger charge is -2.13. The van der Waals surface area contributed by atoms with Gasteiger partial charge in [0.15, 0.2) is 0 Å². The summed E-state index contributed by atoms with van der Waals surface area (Å²) in [6.45, 7) is 2.29. The van der Waals surface area contributed by atoms with Crippen LogP contribution in [0.2, 0.25) is 0 Å². The number of rotatable bonds is 3. The molecule has 7 heteroatoms. The van der Waals surface area contributed by atoms with Crippen molar-refractivity contribution in [3.8, 4) is 6.07 Å². The number of amides is 2. The third-order valence-electron chi connectivity index (χ3n) is 3.80. The molecule has 0 bridgehead atoms. The summed E-state index contributed by atoms with van der Waals surface area (Å²) in [5.41, 5.74) is 1.60. The fraction of sp³-hybridized carbons (Fsp3) is 0.111. The average Bonchev–Trinajstić information content (AvgIpc) is 2.88. The highest BCUT2D eigenvalue weighted by Gasteiger charge is 2.35. The van der Waals surface area contributed by atoms with Gasteiger partial charge in [-0.2, -0.15) is 5.26 Å². The van der Waals surface area contributed by atoms with Crippen molar-refractivity contribution in [3.63, 3.8) is 0 Å². The summed E-state index contributed by atoms with van der Waals surface area (Å²) in [6.07, 6.45) is 3.05. The summed E-state index contributed by atoms with van der Waals surface area (Å²) >= 11 is 3.37. The molecule has 6 nitrogen and oxygen atoms in total. The van der Waals surface area contributed by atoms with Gasteiger partial charge in [-0.25, -0.2) is 0 Å². The van der Waals surface area contributed by atoms with Gasteiger partial charge in [0.1, 0.15) is 11.6 Å². The predicted octanol–water partition coefficient (Wildman–Crippen LogP) is 3.13. The van der Waals surface area contributed by atoms with Crippen LogP contribution in [-0.4, -0.2) is 23.3 Å². The number of halogens is 1. The summed E-state index contributed by atoms with van der Waals surface area (Å²) in [5, 5.41) is 12.1. The lowest BCUT2D eigenvalue weighted by Crippen LogP contribution is -2.27. The Kier molecular flexibility index (Phi) is 4.63. The first-order valence-electron chi connectivity index (χ1n) is 7.54. The number of aromatic nitrogens is 1. The van der Waals surface area contributed by atoms with Crippen LogP contribution in [0.4, 0.5) is 11.4 Å². The number of hydrogen-bond acceptors (Lipinski definition) is 4. The number of nitrogens with zero attached hydrogens (tertiary/aromatic N) is 3. The monoisotopic (exact) mass is 396 g/mol. The number of carbonyl (C=O) groups excluding carboxylic acids is 2. The Morgan fingerprint density at radius 3 is 2.84 bits per heavy atom. The van der Waals surface area contributed by atoms with Gasteiger partial charge in [0.05, 0.1) is 23.1 Å². The van der Waals surface area contributed by atoms with E-state index in [2.05, 4.69) is 26.2 Å². The summed E-state index contributed by atoms with van der Waals surface area (Å²) in [7, 11) is 0. The molecule has 1 aliphatic heterocycles. The molecule has 1 aromatic carbocycles. The Morgan fingerprint density at radius 1 is 1.40 bits per heavy atom. The number of nitrogens with one attached hydrogen (secondary N) is 1. The fourth-order valence-corrected chi connectivity index (χ4v) is 3.07. The lowest BCUT2D eigenvalue weighted by molar-refractivity contribution is -0.114.